The highest BCUT2D eigenvalue weighted by Gasteiger charge is 2.47. The van der Waals surface area contributed by atoms with E-state index < -0.39 is 29.2 Å². The van der Waals surface area contributed by atoms with Crippen molar-refractivity contribution in [3.63, 3.8) is 0 Å². The maximum atomic E-state index is 14.2. The van der Waals surface area contributed by atoms with Gasteiger partial charge in [-0.2, -0.15) is 13.2 Å². The van der Waals surface area contributed by atoms with Crippen LogP contribution in [0, 0.1) is 11.7 Å². The van der Waals surface area contributed by atoms with E-state index in [0.717, 1.165) is 5.56 Å². The van der Waals surface area contributed by atoms with E-state index >= 15 is 0 Å². The van der Waals surface area contributed by atoms with E-state index in [9.17, 15) is 17.6 Å². The fourth-order valence-electron chi connectivity index (χ4n) is 4.60. The molecule has 3 unspecified atom stereocenters. The first-order valence-corrected chi connectivity index (χ1v) is 10.8. The van der Waals surface area contributed by atoms with E-state index in [4.69, 9.17) is 4.74 Å². The summed E-state index contributed by atoms with van der Waals surface area (Å²) in [6.07, 6.45) is -2.31. The Hall–Kier alpha value is -2.41. The van der Waals surface area contributed by atoms with Gasteiger partial charge in [0.2, 0.25) is 0 Å². The number of nitrogens with zero attached hydrogens (tertiary/aromatic N) is 2. The molecule has 2 aromatic rings. The zero-order chi connectivity index (χ0) is 23.5. The van der Waals surface area contributed by atoms with Crippen molar-refractivity contribution in [3.05, 3.63) is 59.4 Å². The van der Waals surface area contributed by atoms with E-state index in [2.05, 4.69) is 4.99 Å². The third-order valence-electron chi connectivity index (χ3n) is 6.39. The van der Waals surface area contributed by atoms with Gasteiger partial charge in [-0.1, -0.05) is 18.2 Å². The van der Waals surface area contributed by atoms with Gasteiger partial charge in [0.1, 0.15) is 11.6 Å². The van der Waals surface area contributed by atoms with Gasteiger partial charge < -0.3 is 9.64 Å². The molecule has 0 spiro atoms. The number of alkyl halides is 3. The highest BCUT2D eigenvalue weighted by atomic mass is 19.4. The van der Waals surface area contributed by atoms with Crippen LogP contribution in [0.4, 0.5) is 23.2 Å². The Morgan fingerprint density at radius 2 is 1.88 bits per heavy atom. The zero-order valence-electron chi connectivity index (χ0n) is 18.9. The second-order valence-electron chi connectivity index (χ2n) is 8.92. The Morgan fingerprint density at radius 3 is 2.53 bits per heavy atom. The van der Waals surface area contributed by atoms with Crippen LogP contribution in [-0.2, 0) is 5.41 Å². The summed E-state index contributed by atoms with van der Waals surface area (Å²) in [6.45, 7) is 2.41. The van der Waals surface area contributed by atoms with Gasteiger partial charge in [0, 0.05) is 23.1 Å². The molecule has 3 atom stereocenters. The van der Waals surface area contributed by atoms with Gasteiger partial charge in [0.05, 0.1) is 18.7 Å². The predicted molar refractivity (Wildman–Crippen MR) is 120 cm³/mol. The first-order valence-electron chi connectivity index (χ1n) is 10.8. The molecule has 0 bridgehead atoms. The lowest BCUT2D eigenvalue weighted by molar-refractivity contribution is -0.180. The van der Waals surface area contributed by atoms with Crippen LogP contribution in [0.5, 0.6) is 5.75 Å². The molecule has 3 nitrogen and oxygen atoms in total. The van der Waals surface area contributed by atoms with Crippen molar-refractivity contribution in [1.82, 2.24) is 4.90 Å². The molecule has 1 heterocycles. The Morgan fingerprint density at radius 1 is 1.16 bits per heavy atom. The number of methoxy groups -OCH3 is 1. The van der Waals surface area contributed by atoms with Crippen LogP contribution in [0.1, 0.15) is 43.2 Å². The first-order chi connectivity index (χ1) is 15.1. The Labute approximate surface area is 187 Å². The molecule has 1 aliphatic heterocycles. The molecule has 7 heteroatoms. The maximum absolute atomic E-state index is 14.2. The molecular weight excluding hydrogens is 420 g/mol. The molecule has 0 amide bonds. The SMILES string of the molecule is COc1ccc(F)cc1C1(C)C=Nc2ccccc2C1CC(CCCN(C)C)C(F)(F)F. The van der Waals surface area contributed by atoms with Crippen molar-refractivity contribution in [2.75, 3.05) is 27.7 Å². The molecule has 174 valence electrons. The third-order valence-corrected chi connectivity index (χ3v) is 6.39. The average Bonchev–Trinajstić information content (AvgIpc) is 2.73. The summed E-state index contributed by atoms with van der Waals surface area (Å²) in [6, 6.07) is 11.4. The molecule has 0 N–H and O–H groups in total. The summed E-state index contributed by atoms with van der Waals surface area (Å²) < 4.78 is 62.0. The molecule has 32 heavy (non-hydrogen) atoms. The van der Waals surface area contributed by atoms with Crippen molar-refractivity contribution < 1.29 is 22.3 Å². The van der Waals surface area contributed by atoms with E-state index in [1.165, 1.54) is 25.3 Å². The average molecular weight is 451 g/mol. The summed E-state index contributed by atoms with van der Waals surface area (Å²) in [7, 11) is 5.18. The highest BCUT2D eigenvalue weighted by molar-refractivity contribution is 5.83. The van der Waals surface area contributed by atoms with E-state index in [1.807, 2.05) is 44.1 Å². The molecule has 0 aliphatic carbocycles. The minimum absolute atomic E-state index is 0.0356. The quantitative estimate of drug-likeness (QED) is 0.429. The minimum Gasteiger partial charge on any atom is -0.496 e. The second-order valence-corrected chi connectivity index (χ2v) is 8.92. The molecule has 0 fully saturated rings. The van der Waals surface area contributed by atoms with Gasteiger partial charge in [0.25, 0.3) is 0 Å². The van der Waals surface area contributed by atoms with Crippen molar-refractivity contribution in [2.45, 2.75) is 43.7 Å². The number of para-hydroxylation sites is 1. The van der Waals surface area contributed by atoms with Crippen LogP contribution in [0.15, 0.2) is 47.5 Å². The molecule has 0 radical (unpaired) electrons. The summed E-state index contributed by atoms with van der Waals surface area (Å²) in [5.41, 5.74) is 0.926. The van der Waals surface area contributed by atoms with Crippen LogP contribution in [-0.4, -0.2) is 45.0 Å². The van der Waals surface area contributed by atoms with Crippen LogP contribution in [0.2, 0.25) is 0 Å². The predicted octanol–water partition coefficient (Wildman–Crippen LogP) is 6.50. The Kier molecular flexibility index (Phi) is 7.28. The number of rotatable bonds is 8. The zero-order valence-corrected chi connectivity index (χ0v) is 18.9. The fourth-order valence-corrected chi connectivity index (χ4v) is 4.60. The van der Waals surface area contributed by atoms with Gasteiger partial charge in [-0.25, -0.2) is 4.39 Å². The largest absolute Gasteiger partial charge is 0.496 e. The third kappa shape index (κ3) is 5.14. The Bertz CT molecular complexity index is 957. The number of benzene rings is 2. The number of fused-ring (bicyclic) bond motifs is 1. The van der Waals surface area contributed by atoms with Gasteiger partial charge in [-0.3, -0.25) is 4.99 Å². The first kappa shape index (κ1) is 24.2. The van der Waals surface area contributed by atoms with Gasteiger partial charge in [-0.05, 0) is 76.7 Å². The summed E-state index contributed by atoms with van der Waals surface area (Å²) >= 11 is 0. The van der Waals surface area contributed by atoms with Crippen molar-refractivity contribution >= 4 is 11.9 Å². The van der Waals surface area contributed by atoms with Gasteiger partial charge >= 0.3 is 6.18 Å². The van der Waals surface area contributed by atoms with E-state index in [0.29, 0.717) is 30.0 Å². The van der Waals surface area contributed by atoms with E-state index in [1.54, 1.807) is 12.3 Å². The number of hydrogen-bond donors (Lipinski definition) is 0. The Balaban J connectivity index is 2.07. The normalized spacial score (nSPS) is 21.5. The fraction of sp³-hybridized carbons (Fsp3) is 0.480. The van der Waals surface area contributed by atoms with Crippen LogP contribution in [0.3, 0.4) is 0 Å². The molecule has 3 rings (SSSR count). The molecule has 1 aliphatic rings. The smallest absolute Gasteiger partial charge is 0.391 e. The van der Waals surface area contributed by atoms with Crippen molar-refractivity contribution in [2.24, 2.45) is 10.9 Å². The molecule has 0 saturated heterocycles. The lowest BCUT2D eigenvalue weighted by Gasteiger charge is -2.41. The van der Waals surface area contributed by atoms with Gasteiger partial charge in [-0.15, -0.1) is 0 Å². The molecular formula is C25H30F4N2O. The van der Waals surface area contributed by atoms with Gasteiger partial charge in [0.15, 0.2) is 0 Å². The maximum Gasteiger partial charge on any atom is 0.391 e. The number of ether oxygens (including phenoxy) is 1. The topological polar surface area (TPSA) is 24.8 Å². The van der Waals surface area contributed by atoms with Crippen molar-refractivity contribution in [1.29, 1.82) is 0 Å². The lowest BCUT2D eigenvalue weighted by atomic mass is 9.64. The van der Waals surface area contributed by atoms with Crippen molar-refractivity contribution in [3.8, 4) is 5.75 Å². The standard InChI is InChI=1S/C25H30F4N2O/c1-24(21-15-18(26)11-12-23(21)32-4)16-30-22-10-6-5-9-19(22)20(24)14-17(25(27,28)29)8-7-13-31(2)3/h5-6,9-12,15-17,20H,7-8,13-14H2,1-4H3. The minimum atomic E-state index is -4.33. The number of aliphatic imine (C=N–C) groups is 1. The van der Waals surface area contributed by atoms with Crippen LogP contribution < -0.4 is 4.74 Å². The summed E-state index contributed by atoms with van der Waals surface area (Å²) in [5, 5.41) is 0. The number of halogens is 4. The van der Waals surface area contributed by atoms with E-state index in [-0.39, 0.29) is 12.8 Å². The highest BCUT2D eigenvalue weighted by Crippen LogP contribution is 2.52. The monoisotopic (exact) mass is 450 g/mol. The molecule has 2 aromatic carbocycles. The summed E-state index contributed by atoms with van der Waals surface area (Å²) in [5.74, 6) is -2.06. The summed E-state index contributed by atoms with van der Waals surface area (Å²) in [4.78, 5) is 6.43. The second kappa shape index (κ2) is 9.61. The van der Waals surface area contributed by atoms with Crippen LogP contribution >= 0.6 is 0 Å². The van der Waals surface area contributed by atoms with Crippen LogP contribution in [0.25, 0.3) is 0 Å². The lowest BCUT2D eigenvalue weighted by Crippen LogP contribution is -2.38. The molecule has 0 aromatic heterocycles. The number of hydrogen-bond acceptors (Lipinski definition) is 3. The molecule has 0 saturated carbocycles.